The minimum Gasteiger partial charge on any atom is -0.343 e. The minimum atomic E-state index is 0.603. The van der Waals surface area contributed by atoms with Crippen LogP contribution in [0.3, 0.4) is 0 Å². The number of fused-ring (bicyclic) bond motifs is 1. The molecule has 2 N–H and O–H groups in total. The lowest BCUT2D eigenvalue weighted by Gasteiger charge is -2.07. The maximum atomic E-state index is 5.62. The van der Waals surface area contributed by atoms with Crippen molar-refractivity contribution in [3.05, 3.63) is 71.4 Å². The topological polar surface area (TPSA) is 30.9 Å². The van der Waals surface area contributed by atoms with Gasteiger partial charge < -0.3 is 10.3 Å². The molecule has 0 unspecified atom stereocenters. The molecule has 2 nitrogen and oxygen atoms in total. The lowest BCUT2D eigenvalue weighted by Crippen LogP contribution is -2.00. The summed E-state index contributed by atoms with van der Waals surface area (Å²) in [6.07, 6.45) is 2.16. The summed E-state index contributed by atoms with van der Waals surface area (Å²) in [6, 6.07) is 17.2. The Morgan fingerprint density at radius 3 is 2.42 bits per heavy atom. The third kappa shape index (κ3) is 2.27. The van der Waals surface area contributed by atoms with E-state index in [2.05, 4.69) is 66.2 Å². The summed E-state index contributed by atoms with van der Waals surface area (Å²) in [6.45, 7) is 3.66. The molecule has 0 bridgehead atoms. The van der Waals surface area contributed by atoms with Gasteiger partial charge in [-0.3, -0.25) is 0 Å². The zero-order chi connectivity index (χ0) is 13.2. The quantitative estimate of drug-likeness (QED) is 0.758. The van der Waals surface area contributed by atoms with E-state index in [4.69, 9.17) is 5.73 Å². The van der Waals surface area contributed by atoms with Crippen molar-refractivity contribution in [1.29, 1.82) is 0 Å². The van der Waals surface area contributed by atoms with Crippen LogP contribution in [-0.4, -0.2) is 4.57 Å². The van der Waals surface area contributed by atoms with Crippen molar-refractivity contribution in [2.24, 2.45) is 5.73 Å². The monoisotopic (exact) mass is 250 g/mol. The van der Waals surface area contributed by atoms with E-state index >= 15 is 0 Å². The van der Waals surface area contributed by atoms with Gasteiger partial charge in [0.05, 0.1) is 0 Å². The van der Waals surface area contributed by atoms with Crippen LogP contribution in [0.15, 0.2) is 54.7 Å². The molecule has 0 saturated heterocycles. The molecule has 0 radical (unpaired) electrons. The van der Waals surface area contributed by atoms with Gasteiger partial charge in [-0.25, -0.2) is 0 Å². The van der Waals surface area contributed by atoms with E-state index < -0.39 is 0 Å². The van der Waals surface area contributed by atoms with Gasteiger partial charge in [0.25, 0.3) is 0 Å². The molecule has 1 aromatic heterocycles. The van der Waals surface area contributed by atoms with Gasteiger partial charge in [0.2, 0.25) is 0 Å². The minimum absolute atomic E-state index is 0.603. The number of nitrogens with zero attached hydrogens (tertiary/aromatic N) is 1. The summed E-state index contributed by atoms with van der Waals surface area (Å²) in [5, 5.41) is 1.33. The van der Waals surface area contributed by atoms with Gasteiger partial charge in [0.1, 0.15) is 0 Å². The van der Waals surface area contributed by atoms with E-state index in [0.717, 1.165) is 6.54 Å². The maximum Gasteiger partial charge on any atom is 0.0486 e. The number of aromatic nitrogens is 1. The lowest BCUT2D eigenvalue weighted by molar-refractivity contribution is 0.835. The van der Waals surface area contributed by atoms with Crippen LogP contribution in [0.2, 0.25) is 0 Å². The van der Waals surface area contributed by atoms with Crippen molar-refractivity contribution in [2.75, 3.05) is 0 Å². The van der Waals surface area contributed by atoms with Crippen molar-refractivity contribution in [3.63, 3.8) is 0 Å². The molecule has 2 aromatic carbocycles. The first-order valence-corrected chi connectivity index (χ1v) is 6.60. The summed E-state index contributed by atoms with van der Waals surface area (Å²) >= 11 is 0. The van der Waals surface area contributed by atoms with Crippen molar-refractivity contribution in [2.45, 2.75) is 20.0 Å². The Hall–Kier alpha value is -2.06. The normalized spacial score (nSPS) is 11.1. The Morgan fingerprint density at radius 1 is 0.947 bits per heavy atom. The van der Waals surface area contributed by atoms with Crippen molar-refractivity contribution < 1.29 is 0 Å². The second-order valence-corrected chi connectivity index (χ2v) is 4.97. The fourth-order valence-corrected chi connectivity index (χ4v) is 2.49. The number of aryl methyl sites for hydroxylation is 1. The molecule has 0 aliphatic rings. The van der Waals surface area contributed by atoms with E-state index in [0.29, 0.717) is 6.54 Å². The van der Waals surface area contributed by atoms with Crippen LogP contribution >= 0.6 is 0 Å². The molecule has 2 heteroatoms. The Kier molecular flexibility index (Phi) is 3.10. The zero-order valence-corrected chi connectivity index (χ0v) is 11.1. The summed E-state index contributed by atoms with van der Waals surface area (Å²) in [5.41, 5.74) is 10.7. The standard InChI is InChI=1S/C17H18N2/c1-13-3-2-4-17-16(13)9-10-19(17)12-15-7-5-14(11-18)6-8-15/h2-10H,11-12,18H2,1H3. The van der Waals surface area contributed by atoms with Crippen LogP contribution in [0.25, 0.3) is 10.9 Å². The predicted molar refractivity (Wildman–Crippen MR) is 80.1 cm³/mol. The van der Waals surface area contributed by atoms with E-state index in [1.807, 2.05) is 0 Å². The molecule has 3 aromatic rings. The van der Waals surface area contributed by atoms with Crippen molar-refractivity contribution in [3.8, 4) is 0 Å². The van der Waals surface area contributed by atoms with Crippen molar-refractivity contribution >= 4 is 10.9 Å². The van der Waals surface area contributed by atoms with Crippen LogP contribution in [0.1, 0.15) is 16.7 Å². The van der Waals surface area contributed by atoms with Crippen LogP contribution < -0.4 is 5.73 Å². The third-order valence-electron chi connectivity index (χ3n) is 3.64. The molecule has 19 heavy (non-hydrogen) atoms. The van der Waals surface area contributed by atoms with E-state index in [-0.39, 0.29) is 0 Å². The molecule has 0 atom stereocenters. The summed E-state index contributed by atoms with van der Waals surface area (Å²) < 4.78 is 2.29. The van der Waals surface area contributed by atoms with E-state index in [1.54, 1.807) is 0 Å². The SMILES string of the molecule is Cc1cccc2c1ccn2Cc1ccc(CN)cc1. The Balaban J connectivity index is 1.94. The number of hydrogen-bond donors (Lipinski definition) is 1. The molecule has 3 rings (SSSR count). The first-order valence-electron chi connectivity index (χ1n) is 6.60. The summed E-state index contributed by atoms with van der Waals surface area (Å²) in [7, 11) is 0. The number of hydrogen-bond acceptors (Lipinski definition) is 1. The smallest absolute Gasteiger partial charge is 0.0486 e. The largest absolute Gasteiger partial charge is 0.343 e. The number of nitrogens with two attached hydrogens (primary N) is 1. The highest BCUT2D eigenvalue weighted by Crippen LogP contribution is 2.20. The van der Waals surface area contributed by atoms with E-state index in [9.17, 15) is 0 Å². The van der Waals surface area contributed by atoms with Gasteiger partial charge in [-0.1, -0.05) is 36.4 Å². The van der Waals surface area contributed by atoms with Gasteiger partial charge in [-0.2, -0.15) is 0 Å². The van der Waals surface area contributed by atoms with Gasteiger partial charge >= 0.3 is 0 Å². The Morgan fingerprint density at radius 2 is 1.68 bits per heavy atom. The lowest BCUT2D eigenvalue weighted by atomic mass is 10.1. The fourth-order valence-electron chi connectivity index (χ4n) is 2.49. The maximum absolute atomic E-state index is 5.62. The third-order valence-corrected chi connectivity index (χ3v) is 3.64. The van der Waals surface area contributed by atoms with Crippen molar-refractivity contribution in [1.82, 2.24) is 4.57 Å². The van der Waals surface area contributed by atoms with Gasteiger partial charge in [-0.05, 0) is 35.7 Å². The first-order chi connectivity index (χ1) is 9.28. The molecule has 0 aliphatic heterocycles. The zero-order valence-electron chi connectivity index (χ0n) is 11.1. The average Bonchev–Trinajstić information content (AvgIpc) is 2.84. The summed E-state index contributed by atoms with van der Waals surface area (Å²) in [4.78, 5) is 0. The van der Waals surface area contributed by atoms with Crippen LogP contribution in [-0.2, 0) is 13.1 Å². The van der Waals surface area contributed by atoms with Gasteiger partial charge in [0, 0.05) is 30.2 Å². The molecule has 0 amide bonds. The Bertz CT molecular complexity index is 693. The highest BCUT2D eigenvalue weighted by molar-refractivity contribution is 5.83. The highest BCUT2D eigenvalue weighted by Gasteiger charge is 2.03. The second kappa shape index (κ2) is 4.90. The highest BCUT2D eigenvalue weighted by atomic mass is 14.9. The molecule has 0 saturated carbocycles. The second-order valence-electron chi connectivity index (χ2n) is 4.97. The molecule has 0 spiro atoms. The average molecular weight is 250 g/mol. The summed E-state index contributed by atoms with van der Waals surface area (Å²) in [5.74, 6) is 0. The van der Waals surface area contributed by atoms with Gasteiger partial charge in [-0.15, -0.1) is 0 Å². The van der Waals surface area contributed by atoms with Crippen LogP contribution in [0, 0.1) is 6.92 Å². The molecule has 0 fully saturated rings. The molecular weight excluding hydrogens is 232 g/mol. The number of rotatable bonds is 3. The predicted octanol–water partition coefficient (Wildman–Crippen LogP) is 3.46. The Labute approximate surface area is 113 Å². The molecule has 0 aliphatic carbocycles. The van der Waals surface area contributed by atoms with Gasteiger partial charge in [0.15, 0.2) is 0 Å². The van der Waals surface area contributed by atoms with Crippen LogP contribution in [0.5, 0.6) is 0 Å². The molecular formula is C17H18N2. The first kappa shape index (κ1) is 12.0. The van der Waals surface area contributed by atoms with Crippen LogP contribution in [0.4, 0.5) is 0 Å². The fraction of sp³-hybridized carbons (Fsp3) is 0.176. The molecule has 96 valence electrons. The molecule has 1 heterocycles. The number of benzene rings is 2. The van der Waals surface area contributed by atoms with E-state index in [1.165, 1.54) is 27.6 Å².